The van der Waals surface area contributed by atoms with Crippen LogP contribution >= 0.6 is 11.6 Å². The first-order chi connectivity index (χ1) is 13.3. The summed E-state index contributed by atoms with van der Waals surface area (Å²) in [5, 5.41) is 11.4. The molecule has 1 aromatic rings. The molecule has 2 N–H and O–H groups in total. The molecule has 0 aromatic heterocycles. The van der Waals surface area contributed by atoms with Gasteiger partial charge in [0.2, 0.25) is 0 Å². The van der Waals surface area contributed by atoms with E-state index in [0.717, 1.165) is 43.7 Å². The number of quaternary nitrogens is 1. The van der Waals surface area contributed by atoms with Crippen LogP contribution in [0.4, 0.5) is 5.69 Å². The third kappa shape index (κ3) is 3.94. The van der Waals surface area contributed by atoms with Gasteiger partial charge < -0.3 is 19.6 Å². The summed E-state index contributed by atoms with van der Waals surface area (Å²) < 4.78 is 6.37. The topological polar surface area (TPSA) is 37.1 Å². The molecule has 2 aliphatic carbocycles. The molecule has 0 spiro atoms. The largest absolute Gasteiger partial charge is 0.385 e. The highest BCUT2D eigenvalue weighted by Gasteiger charge is 2.60. The zero-order valence-electron chi connectivity index (χ0n) is 17.6. The molecule has 1 saturated heterocycles. The number of aliphatic hydroxyl groups excluding tert-OH is 1. The second kappa shape index (κ2) is 7.79. The number of benzene rings is 1. The van der Waals surface area contributed by atoms with Crippen molar-refractivity contribution in [2.24, 2.45) is 16.7 Å². The van der Waals surface area contributed by atoms with Gasteiger partial charge in [-0.2, -0.15) is 0 Å². The number of nitrogens with zero attached hydrogens (tertiary/aromatic N) is 1. The Hall–Kier alpha value is -0.810. The molecule has 28 heavy (non-hydrogen) atoms. The highest BCUT2D eigenvalue weighted by molar-refractivity contribution is 6.30. The van der Waals surface area contributed by atoms with E-state index in [1.165, 1.54) is 29.8 Å². The van der Waals surface area contributed by atoms with E-state index in [1.807, 2.05) is 18.2 Å². The smallest absolute Gasteiger partial charge is 0.126 e. The number of hydrogen-bond acceptors (Lipinski definition) is 3. The molecule has 0 radical (unpaired) electrons. The standard InChI is InChI=1S/C23H35ClN2O2/c1-22(2)17-7-8-23(3,14-17)21(22)28-16-20(27)15-25-9-11-26(12-10-25)19-6-4-5-18(24)13-19/h4-6,13,17,20-21,27H,7-12,14-16H2,1-3H3/p+1/t17-,20-,21-,23+/m1/s1. The van der Waals surface area contributed by atoms with Crippen molar-refractivity contribution in [1.29, 1.82) is 0 Å². The third-order valence-corrected chi connectivity index (χ3v) is 8.00. The molecule has 1 aliphatic heterocycles. The van der Waals surface area contributed by atoms with Crippen molar-refractivity contribution >= 4 is 17.3 Å². The van der Waals surface area contributed by atoms with Crippen LogP contribution in [0.25, 0.3) is 0 Å². The van der Waals surface area contributed by atoms with Crippen LogP contribution in [0, 0.1) is 16.7 Å². The lowest BCUT2D eigenvalue weighted by Crippen LogP contribution is -3.16. The van der Waals surface area contributed by atoms with E-state index >= 15 is 0 Å². The van der Waals surface area contributed by atoms with E-state index in [0.29, 0.717) is 12.0 Å². The fourth-order valence-corrected chi connectivity index (χ4v) is 6.41. The van der Waals surface area contributed by atoms with Gasteiger partial charge in [-0.05, 0) is 54.2 Å². The van der Waals surface area contributed by atoms with Crippen molar-refractivity contribution in [2.45, 2.75) is 52.2 Å². The van der Waals surface area contributed by atoms with Gasteiger partial charge in [0.05, 0.1) is 38.9 Å². The molecule has 156 valence electrons. The maximum Gasteiger partial charge on any atom is 0.126 e. The van der Waals surface area contributed by atoms with Crippen molar-refractivity contribution in [3.05, 3.63) is 29.3 Å². The minimum Gasteiger partial charge on any atom is -0.385 e. The molecule has 3 fully saturated rings. The highest BCUT2D eigenvalue weighted by atomic mass is 35.5. The van der Waals surface area contributed by atoms with Crippen LogP contribution in [-0.2, 0) is 4.74 Å². The van der Waals surface area contributed by atoms with Crippen molar-refractivity contribution in [3.63, 3.8) is 0 Å². The van der Waals surface area contributed by atoms with Crippen molar-refractivity contribution in [1.82, 2.24) is 0 Å². The number of rotatable bonds is 6. The fraction of sp³-hybridized carbons (Fsp3) is 0.739. The number of ether oxygens (including phenoxy) is 1. The predicted molar refractivity (Wildman–Crippen MR) is 114 cm³/mol. The average molecular weight is 408 g/mol. The zero-order valence-corrected chi connectivity index (χ0v) is 18.3. The summed E-state index contributed by atoms with van der Waals surface area (Å²) in [4.78, 5) is 3.85. The van der Waals surface area contributed by atoms with E-state index < -0.39 is 0 Å². The molecule has 1 aromatic carbocycles. The van der Waals surface area contributed by atoms with Crippen LogP contribution in [0.5, 0.6) is 0 Å². The molecule has 3 aliphatic rings. The lowest BCUT2D eigenvalue weighted by atomic mass is 9.70. The molecule has 0 unspecified atom stereocenters. The van der Waals surface area contributed by atoms with Gasteiger partial charge in [-0.1, -0.05) is 38.4 Å². The Kier molecular flexibility index (Phi) is 5.69. The number of halogens is 1. The Balaban J connectivity index is 1.24. The molecular weight excluding hydrogens is 372 g/mol. The van der Waals surface area contributed by atoms with Crippen molar-refractivity contribution in [3.8, 4) is 0 Å². The first-order valence-electron chi connectivity index (χ1n) is 10.9. The van der Waals surface area contributed by atoms with Gasteiger partial charge in [0.1, 0.15) is 12.6 Å². The summed E-state index contributed by atoms with van der Waals surface area (Å²) in [5.41, 5.74) is 1.74. The SMILES string of the molecule is CC1(C)[C@@H]2CC[C@@](C)(C2)[C@@H]1OC[C@H](O)C[NH+]1CCN(c2cccc(Cl)c2)CC1. The Bertz CT molecular complexity index is 684. The summed E-state index contributed by atoms with van der Waals surface area (Å²) >= 11 is 6.12. The maximum atomic E-state index is 10.6. The van der Waals surface area contributed by atoms with Crippen LogP contribution in [0.1, 0.15) is 40.0 Å². The van der Waals surface area contributed by atoms with Crippen LogP contribution in [0.2, 0.25) is 5.02 Å². The van der Waals surface area contributed by atoms with Gasteiger partial charge in [0.25, 0.3) is 0 Å². The van der Waals surface area contributed by atoms with Gasteiger partial charge in [-0.15, -0.1) is 0 Å². The molecule has 4 nitrogen and oxygen atoms in total. The molecule has 4 atom stereocenters. The van der Waals surface area contributed by atoms with Gasteiger partial charge in [-0.25, -0.2) is 0 Å². The van der Waals surface area contributed by atoms with E-state index in [9.17, 15) is 5.11 Å². The Morgan fingerprint density at radius 2 is 2.04 bits per heavy atom. The summed E-state index contributed by atoms with van der Waals surface area (Å²) in [6.45, 7) is 12.4. The molecule has 5 heteroatoms. The monoisotopic (exact) mass is 407 g/mol. The molecule has 0 amide bonds. The number of hydrogen-bond donors (Lipinski definition) is 2. The molecule has 1 heterocycles. The first kappa shape index (κ1) is 20.5. The number of piperazine rings is 1. The van der Waals surface area contributed by atoms with Gasteiger partial charge in [-0.3, -0.25) is 0 Å². The fourth-order valence-electron chi connectivity index (χ4n) is 6.23. The molecular formula is C23H36ClN2O2+. The second-order valence-electron chi connectivity index (χ2n) is 10.2. The van der Waals surface area contributed by atoms with E-state index in [-0.39, 0.29) is 17.6 Å². The minimum absolute atomic E-state index is 0.238. The van der Waals surface area contributed by atoms with E-state index in [4.69, 9.17) is 16.3 Å². The minimum atomic E-state index is -0.383. The summed E-state index contributed by atoms with van der Waals surface area (Å²) in [6, 6.07) is 8.08. The van der Waals surface area contributed by atoms with Crippen LogP contribution in [0.15, 0.2) is 24.3 Å². The average Bonchev–Trinajstić information content (AvgIpc) is 3.13. The van der Waals surface area contributed by atoms with Crippen LogP contribution < -0.4 is 9.80 Å². The predicted octanol–water partition coefficient (Wildman–Crippen LogP) is 2.64. The molecule has 2 bridgehead atoms. The molecule has 4 rings (SSSR count). The number of anilines is 1. The third-order valence-electron chi connectivity index (χ3n) is 7.76. The highest BCUT2D eigenvalue weighted by Crippen LogP contribution is 2.63. The van der Waals surface area contributed by atoms with Gasteiger partial charge in [0.15, 0.2) is 0 Å². The van der Waals surface area contributed by atoms with Crippen molar-refractivity contribution in [2.75, 3.05) is 44.2 Å². The summed E-state index contributed by atoms with van der Waals surface area (Å²) in [7, 11) is 0. The maximum absolute atomic E-state index is 10.6. The first-order valence-corrected chi connectivity index (χ1v) is 11.3. The normalized spacial score (nSPS) is 33.4. The Morgan fingerprint density at radius 3 is 2.68 bits per heavy atom. The van der Waals surface area contributed by atoms with Crippen LogP contribution in [-0.4, -0.2) is 56.6 Å². The zero-order chi connectivity index (χ0) is 19.9. The quantitative estimate of drug-likeness (QED) is 0.761. The lowest BCUT2D eigenvalue weighted by Gasteiger charge is -2.42. The van der Waals surface area contributed by atoms with Crippen LogP contribution in [0.3, 0.4) is 0 Å². The van der Waals surface area contributed by atoms with E-state index in [1.54, 1.807) is 0 Å². The Labute approximate surface area is 174 Å². The Morgan fingerprint density at radius 1 is 1.29 bits per heavy atom. The summed E-state index contributed by atoms with van der Waals surface area (Å²) in [6.07, 6.45) is 3.80. The van der Waals surface area contributed by atoms with Gasteiger partial charge in [0, 0.05) is 10.7 Å². The number of aliphatic hydroxyl groups is 1. The van der Waals surface area contributed by atoms with Gasteiger partial charge >= 0.3 is 0 Å². The molecule has 2 saturated carbocycles. The number of fused-ring (bicyclic) bond motifs is 2. The lowest BCUT2D eigenvalue weighted by molar-refractivity contribution is -0.903. The number of nitrogens with one attached hydrogen (secondary N) is 1. The second-order valence-corrected chi connectivity index (χ2v) is 10.6. The summed E-state index contributed by atoms with van der Waals surface area (Å²) in [5.74, 6) is 0.782. The van der Waals surface area contributed by atoms with Crippen molar-refractivity contribution < 1.29 is 14.7 Å². The van der Waals surface area contributed by atoms with E-state index in [2.05, 4.69) is 31.7 Å².